The van der Waals surface area contributed by atoms with E-state index in [1.165, 1.54) is 18.3 Å². The molecule has 27 heavy (non-hydrogen) atoms. The predicted octanol–water partition coefficient (Wildman–Crippen LogP) is 3.86. The largest absolute Gasteiger partial charge is 0.478 e. The van der Waals surface area contributed by atoms with Gasteiger partial charge in [-0.05, 0) is 42.5 Å². The average molecular weight is 388 g/mol. The number of carboxylic acid groups (broad SMARTS) is 2. The second-order valence-corrected chi connectivity index (χ2v) is 5.96. The van der Waals surface area contributed by atoms with Gasteiger partial charge in [-0.1, -0.05) is 0 Å². The number of aromatic carboxylic acids is 2. The number of rotatable bonds is 5. The molecule has 0 amide bonds. The van der Waals surface area contributed by atoms with Crippen LogP contribution in [0.15, 0.2) is 48.7 Å². The molecule has 0 fully saturated rings. The summed E-state index contributed by atoms with van der Waals surface area (Å²) in [7, 11) is 3.85. The van der Waals surface area contributed by atoms with Gasteiger partial charge in [0.1, 0.15) is 5.56 Å². The Kier molecular flexibility index (Phi) is 5.87. The first-order chi connectivity index (χ1) is 12.4. The number of nitrogens with one attached hydrogen (secondary N) is 1. The average Bonchev–Trinajstić information content (AvgIpc) is 2.61. The van der Waals surface area contributed by atoms with Crippen molar-refractivity contribution in [1.82, 2.24) is 4.98 Å². The number of aromatic nitrogens is 1. The SMILES string of the molecule is CN(C)c1ccc(Nc2c(C(=O)O)cnc3ccc(C(=O)O)cc23)cc1.Cl. The summed E-state index contributed by atoms with van der Waals surface area (Å²) in [6.45, 7) is 0. The van der Waals surface area contributed by atoms with Crippen molar-refractivity contribution < 1.29 is 19.8 Å². The molecule has 0 atom stereocenters. The van der Waals surface area contributed by atoms with Gasteiger partial charge in [0.2, 0.25) is 0 Å². The van der Waals surface area contributed by atoms with Crippen LogP contribution < -0.4 is 10.2 Å². The molecule has 0 spiro atoms. The van der Waals surface area contributed by atoms with Crippen molar-refractivity contribution in [2.24, 2.45) is 0 Å². The third-order valence-electron chi connectivity index (χ3n) is 4.00. The van der Waals surface area contributed by atoms with E-state index in [-0.39, 0.29) is 23.5 Å². The van der Waals surface area contributed by atoms with Crippen LogP contribution in [-0.2, 0) is 0 Å². The van der Waals surface area contributed by atoms with Crippen molar-refractivity contribution in [1.29, 1.82) is 0 Å². The van der Waals surface area contributed by atoms with Gasteiger partial charge < -0.3 is 20.4 Å². The van der Waals surface area contributed by atoms with Crippen LogP contribution >= 0.6 is 12.4 Å². The molecule has 1 heterocycles. The lowest BCUT2D eigenvalue weighted by Gasteiger charge is -2.15. The first-order valence-corrected chi connectivity index (χ1v) is 7.80. The van der Waals surface area contributed by atoms with E-state index in [1.54, 1.807) is 6.07 Å². The molecule has 0 aliphatic heterocycles. The molecule has 0 bridgehead atoms. The van der Waals surface area contributed by atoms with Crippen LogP contribution in [-0.4, -0.2) is 41.2 Å². The summed E-state index contributed by atoms with van der Waals surface area (Å²) in [5, 5.41) is 22.2. The minimum absolute atomic E-state index is 0. The number of anilines is 3. The molecule has 3 N–H and O–H groups in total. The fourth-order valence-corrected chi connectivity index (χ4v) is 2.61. The Bertz CT molecular complexity index is 999. The maximum absolute atomic E-state index is 11.6. The van der Waals surface area contributed by atoms with Crippen LogP contribution in [0.1, 0.15) is 20.7 Å². The second kappa shape index (κ2) is 7.92. The van der Waals surface area contributed by atoms with Gasteiger partial charge >= 0.3 is 11.9 Å². The molecule has 7 nitrogen and oxygen atoms in total. The molecular formula is C19H18ClN3O4. The number of benzene rings is 2. The highest BCUT2D eigenvalue weighted by Gasteiger charge is 2.16. The quantitative estimate of drug-likeness (QED) is 0.610. The zero-order chi connectivity index (χ0) is 18.8. The summed E-state index contributed by atoms with van der Waals surface area (Å²) in [6.07, 6.45) is 1.27. The number of hydrogen-bond acceptors (Lipinski definition) is 5. The fraction of sp³-hybridized carbons (Fsp3) is 0.105. The molecule has 2 aromatic carbocycles. The normalized spacial score (nSPS) is 10.1. The van der Waals surface area contributed by atoms with E-state index in [0.29, 0.717) is 22.3 Å². The maximum Gasteiger partial charge on any atom is 0.339 e. The number of carboxylic acids is 2. The van der Waals surface area contributed by atoms with Crippen LogP contribution in [0.4, 0.5) is 17.1 Å². The minimum atomic E-state index is -1.15. The maximum atomic E-state index is 11.6. The van der Waals surface area contributed by atoms with Gasteiger partial charge in [-0.15, -0.1) is 12.4 Å². The van der Waals surface area contributed by atoms with E-state index in [4.69, 9.17) is 0 Å². The lowest BCUT2D eigenvalue weighted by molar-refractivity contribution is 0.0687. The Morgan fingerprint density at radius 2 is 1.67 bits per heavy atom. The van der Waals surface area contributed by atoms with Gasteiger partial charge in [0.15, 0.2) is 0 Å². The number of pyridine rings is 1. The highest BCUT2D eigenvalue weighted by atomic mass is 35.5. The number of fused-ring (bicyclic) bond motifs is 1. The zero-order valence-corrected chi connectivity index (χ0v) is 15.4. The lowest BCUT2D eigenvalue weighted by atomic mass is 10.1. The molecule has 140 valence electrons. The minimum Gasteiger partial charge on any atom is -0.478 e. The fourth-order valence-electron chi connectivity index (χ4n) is 2.61. The Morgan fingerprint density at radius 3 is 2.22 bits per heavy atom. The first kappa shape index (κ1) is 20.0. The Labute approximate surface area is 161 Å². The third-order valence-corrected chi connectivity index (χ3v) is 4.00. The third kappa shape index (κ3) is 4.09. The molecule has 8 heteroatoms. The van der Waals surface area contributed by atoms with Crippen LogP contribution in [0.25, 0.3) is 10.9 Å². The summed E-state index contributed by atoms with van der Waals surface area (Å²) in [6, 6.07) is 11.9. The van der Waals surface area contributed by atoms with Crippen molar-refractivity contribution in [2.45, 2.75) is 0 Å². The Balaban J connectivity index is 0.00000261. The van der Waals surface area contributed by atoms with Gasteiger partial charge in [0.25, 0.3) is 0 Å². The van der Waals surface area contributed by atoms with Crippen LogP contribution in [0.5, 0.6) is 0 Å². The van der Waals surface area contributed by atoms with E-state index >= 15 is 0 Å². The summed E-state index contributed by atoms with van der Waals surface area (Å²) in [5.74, 6) is -2.23. The van der Waals surface area contributed by atoms with Gasteiger partial charge in [-0.25, -0.2) is 9.59 Å². The van der Waals surface area contributed by atoms with Crippen LogP contribution in [0.2, 0.25) is 0 Å². The van der Waals surface area contributed by atoms with Crippen molar-refractivity contribution in [3.8, 4) is 0 Å². The number of carbonyl (C=O) groups is 2. The summed E-state index contributed by atoms with van der Waals surface area (Å²) in [5.41, 5.74) is 2.54. The van der Waals surface area contributed by atoms with Gasteiger partial charge in [-0.3, -0.25) is 4.98 Å². The second-order valence-electron chi connectivity index (χ2n) is 5.96. The van der Waals surface area contributed by atoms with Crippen molar-refractivity contribution in [3.63, 3.8) is 0 Å². The highest BCUT2D eigenvalue weighted by molar-refractivity contribution is 6.07. The predicted molar refractivity (Wildman–Crippen MR) is 107 cm³/mol. The summed E-state index contributed by atoms with van der Waals surface area (Å²) >= 11 is 0. The standard InChI is InChI=1S/C19H17N3O4.ClH/c1-22(2)13-6-4-12(5-7-13)21-17-14-9-11(18(23)24)3-8-16(14)20-10-15(17)19(25)26;/h3-10H,1-2H3,(H,20,21)(H,23,24)(H,25,26);1H. The molecular weight excluding hydrogens is 370 g/mol. The summed E-state index contributed by atoms with van der Waals surface area (Å²) < 4.78 is 0. The molecule has 0 unspecified atom stereocenters. The van der Waals surface area contributed by atoms with E-state index < -0.39 is 11.9 Å². The molecule has 3 rings (SSSR count). The number of halogens is 1. The first-order valence-electron chi connectivity index (χ1n) is 7.80. The van der Waals surface area contributed by atoms with Crippen LogP contribution in [0, 0.1) is 0 Å². The van der Waals surface area contributed by atoms with Gasteiger partial charge in [0, 0.05) is 37.1 Å². The van der Waals surface area contributed by atoms with Crippen molar-refractivity contribution in [2.75, 3.05) is 24.3 Å². The molecule has 0 radical (unpaired) electrons. The van der Waals surface area contributed by atoms with Gasteiger partial charge in [-0.2, -0.15) is 0 Å². The molecule has 0 aliphatic carbocycles. The molecule has 1 aromatic heterocycles. The van der Waals surface area contributed by atoms with Crippen molar-refractivity contribution >= 4 is 52.3 Å². The molecule has 0 aliphatic rings. The van der Waals surface area contributed by atoms with E-state index in [1.807, 2.05) is 43.3 Å². The Hall–Kier alpha value is -3.32. The molecule has 0 saturated heterocycles. The van der Waals surface area contributed by atoms with Crippen molar-refractivity contribution in [3.05, 3.63) is 59.8 Å². The number of hydrogen-bond donors (Lipinski definition) is 3. The monoisotopic (exact) mass is 387 g/mol. The molecule has 3 aromatic rings. The van der Waals surface area contributed by atoms with Gasteiger partial charge in [0.05, 0.1) is 16.8 Å². The van der Waals surface area contributed by atoms with Crippen LogP contribution in [0.3, 0.4) is 0 Å². The van der Waals surface area contributed by atoms with E-state index in [2.05, 4.69) is 10.3 Å². The number of nitrogens with zero attached hydrogens (tertiary/aromatic N) is 2. The Morgan fingerprint density at radius 1 is 1.00 bits per heavy atom. The zero-order valence-electron chi connectivity index (χ0n) is 14.6. The smallest absolute Gasteiger partial charge is 0.339 e. The van der Waals surface area contributed by atoms with E-state index in [0.717, 1.165) is 5.69 Å². The summed E-state index contributed by atoms with van der Waals surface area (Å²) in [4.78, 5) is 29.0. The molecule has 0 saturated carbocycles. The van der Waals surface area contributed by atoms with E-state index in [9.17, 15) is 19.8 Å². The topological polar surface area (TPSA) is 103 Å². The highest BCUT2D eigenvalue weighted by Crippen LogP contribution is 2.30. The lowest BCUT2D eigenvalue weighted by Crippen LogP contribution is -2.08.